The number of nitrogens with one attached hydrogen (secondary N) is 1. The van der Waals surface area contributed by atoms with Crippen LogP contribution in [-0.4, -0.2) is 22.0 Å². The fourth-order valence-electron chi connectivity index (χ4n) is 2.22. The minimum Gasteiger partial charge on any atom is -0.373 e. The predicted molar refractivity (Wildman–Crippen MR) is 75.3 cm³/mol. The van der Waals surface area contributed by atoms with E-state index in [0.717, 1.165) is 29.3 Å². The van der Waals surface area contributed by atoms with Crippen molar-refractivity contribution in [2.24, 2.45) is 0 Å². The molecule has 2 heterocycles. The lowest BCUT2D eigenvalue weighted by atomic mass is 10.1. The zero-order chi connectivity index (χ0) is 13.2. The summed E-state index contributed by atoms with van der Waals surface area (Å²) in [6.45, 7) is 2.08. The fraction of sp³-hybridized carbons (Fsp3) is 0.400. The molecule has 0 aromatic carbocycles. The van der Waals surface area contributed by atoms with Crippen molar-refractivity contribution in [2.75, 3.05) is 12.4 Å². The molecule has 0 radical (unpaired) electrons. The van der Waals surface area contributed by atoms with E-state index in [1.54, 1.807) is 0 Å². The Balaban J connectivity index is 1.97. The summed E-state index contributed by atoms with van der Waals surface area (Å²) in [6, 6.07) is 4.08. The van der Waals surface area contributed by atoms with Crippen molar-refractivity contribution < 1.29 is 0 Å². The lowest BCUT2D eigenvalue weighted by Gasteiger charge is -2.12. The maximum Gasteiger partial charge on any atom is 0.134 e. The lowest BCUT2D eigenvalue weighted by Crippen LogP contribution is -2.07. The highest BCUT2D eigenvalue weighted by molar-refractivity contribution is 5.47. The van der Waals surface area contributed by atoms with Gasteiger partial charge in [-0.25, -0.2) is 9.97 Å². The second-order valence-corrected chi connectivity index (χ2v) is 5.06. The van der Waals surface area contributed by atoms with Crippen LogP contribution >= 0.6 is 0 Å². The number of pyridine rings is 1. The molecule has 2 aromatic heterocycles. The maximum atomic E-state index is 4.77. The molecule has 0 bridgehead atoms. The SMILES string of the molecule is CNc1nc(C2CC2)nc(Cc2ccncc2)c1C. The van der Waals surface area contributed by atoms with Crippen LogP contribution in [0.5, 0.6) is 0 Å². The molecule has 1 N–H and O–H groups in total. The monoisotopic (exact) mass is 254 g/mol. The van der Waals surface area contributed by atoms with Crippen molar-refractivity contribution in [3.8, 4) is 0 Å². The van der Waals surface area contributed by atoms with Crippen LogP contribution in [0.15, 0.2) is 24.5 Å². The van der Waals surface area contributed by atoms with Gasteiger partial charge in [0.15, 0.2) is 0 Å². The molecular formula is C15H18N4. The molecule has 98 valence electrons. The van der Waals surface area contributed by atoms with Gasteiger partial charge < -0.3 is 5.32 Å². The van der Waals surface area contributed by atoms with Crippen LogP contribution in [0.3, 0.4) is 0 Å². The third-order valence-corrected chi connectivity index (χ3v) is 3.56. The second-order valence-electron chi connectivity index (χ2n) is 5.06. The molecule has 2 aromatic rings. The van der Waals surface area contributed by atoms with Gasteiger partial charge >= 0.3 is 0 Å². The van der Waals surface area contributed by atoms with E-state index in [1.807, 2.05) is 31.6 Å². The minimum atomic E-state index is 0.573. The van der Waals surface area contributed by atoms with Crippen LogP contribution in [-0.2, 0) is 6.42 Å². The highest BCUT2D eigenvalue weighted by Gasteiger charge is 2.28. The maximum absolute atomic E-state index is 4.77. The molecule has 1 aliphatic rings. The number of anilines is 1. The van der Waals surface area contributed by atoms with Crippen LogP contribution in [0.4, 0.5) is 5.82 Å². The summed E-state index contributed by atoms with van der Waals surface area (Å²) in [5.41, 5.74) is 3.50. The minimum absolute atomic E-state index is 0.573. The molecule has 1 saturated carbocycles. The smallest absolute Gasteiger partial charge is 0.134 e. The number of nitrogens with zero attached hydrogens (tertiary/aromatic N) is 3. The van der Waals surface area contributed by atoms with Gasteiger partial charge in [0.2, 0.25) is 0 Å². The normalized spacial score (nSPS) is 14.4. The van der Waals surface area contributed by atoms with E-state index < -0.39 is 0 Å². The molecule has 3 rings (SSSR count). The summed E-state index contributed by atoms with van der Waals surface area (Å²) in [5.74, 6) is 2.53. The second kappa shape index (κ2) is 4.96. The molecular weight excluding hydrogens is 236 g/mol. The van der Waals surface area contributed by atoms with Crippen LogP contribution in [0.1, 0.15) is 41.4 Å². The Kier molecular flexibility index (Phi) is 3.15. The first-order valence-corrected chi connectivity index (χ1v) is 6.72. The van der Waals surface area contributed by atoms with Gasteiger partial charge in [-0.05, 0) is 37.5 Å². The zero-order valence-corrected chi connectivity index (χ0v) is 11.3. The van der Waals surface area contributed by atoms with E-state index >= 15 is 0 Å². The van der Waals surface area contributed by atoms with E-state index in [9.17, 15) is 0 Å². The van der Waals surface area contributed by atoms with Gasteiger partial charge in [-0.2, -0.15) is 0 Å². The average Bonchev–Trinajstić information content (AvgIpc) is 3.27. The van der Waals surface area contributed by atoms with Crippen molar-refractivity contribution in [3.63, 3.8) is 0 Å². The Bertz CT molecular complexity index is 576. The van der Waals surface area contributed by atoms with E-state index in [0.29, 0.717) is 5.92 Å². The van der Waals surface area contributed by atoms with Gasteiger partial charge in [0.25, 0.3) is 0 Å². The van der Waals surface area contributed by atoms with Crippen molar-refractivity contribution >= 4 is 5.82 Å². The molecule has 19 heavy (non-hydrogen) atoms. The average molecular weight is 254 g/mol. The van der Waals surface area contributed by atoms with Crippen LogP contribution in [0.25, 0.3) is 0 Å². The summed E-state index contributed by atoms with van der Waals surface area (Å²) >= 11 is 0. The van der Waals surface area contributed by atoms with Crippen LogP contribution < -0.4 is 5.32 Å². The molecule has 0 unspecified atom stereocenters. The first-order chi connectivity index (χ1) is 9.28. The van der Waals surface area contributed by atoms with E-state index in [2.05, 4.69) is 22.2 Å². The first kappa shape index (κ1) is 12.1. The number of rotatable bonds is 4. The quantitative estimate of drug-likeness (QED) is 0.911. The van der Waals surface area contributed by atoms with Crippen molar-refractivity contribution in [1.29, 1.82) is 0 Å². The van der Waals surface area contributed by atoms with Gasteiger partial charge in [-0.3, -0.25) is 4.98 Å². The topological polar surface area (TPSA) is 50.7 Å². The molecule has 1 aliphatic carbocycles. The van der Waals surface area contributed by atoms with Crippen molar-refractivity contribution in [1.82, 2.24) is 15.0 Å². The van der Waals surface area contributed by atoms with E-state index in [4.69, 9.17) is 4.98 Å². The Hall–Kier alpha value is -1.97. The Labute approximate surface area is 113 Å². The third-order valence-electron chi connectivity index (χ3n) is 3.56. The zero-order valence-electron chi connectivity index (χ0n) is 11.3. The summed E-state index contributed by atoms with van der Waals surface area (Å²) in [5, 5.41) is 3.18. The van der Waals surface area contributed by atoms with Gasteiger partial charge in [0.1, 0.15) is 11.6 Å². The summed E-state index contributed by atoms with van der Waals surface area (Å²) in [6.07, 6.45) is 6.94. The summed E-state index contributed by atoms with van der Waals surface area (Å²) < 4.78 is 0. The summed E-state index contributed by atoms with van der Waals surface area (Å²) in [7, 11) is 1.92. The largest absolute Gasteiger partial charge is 0.373 e. The highest BCUT2D eigenvalue weighted by atomic mass is 15.0. The third kappa shape index (κ3) is 2.57. The molecule has 0 spiro atoms. The van der Waals surface area contributed by atoms with Gasteiger partial charge in [-0.1, -0.05) is 0 Å². The molecule has 0 saturated heterocycles. The van der Waals surface area contributed by atoms with E-state index in [-0.39, 0.29) is 0 Å². The van der Waals surface area contributed by atoms with Crippen LogP contribution in [0, 0.1) is 6.92 Å². The van der Waals surface area contributed by atoms with Crippen molar-refractivity contribution in [2.45, 2.75) is 32.1 Å². The lowest BCUT2D eigenvalue weighted by molar-refractivity contribution is 0.875. The van der Waals surface area contributed by atoms with Gasteiger partial charge in [0, 0.05) is 37.3 Å². The molecule has 0 aliphatic heterocycles. The Morgan fingerprint density at radius 3 is 2.58 bits per heavy atom. The number of aromatic nitrogens is 3. The molecule has 4 heteroatoms. The van der Waals surface area contributed by atoms with Crippen LogP contribution in [0.2, 0.25) is 0 Å². The fourth-order valence-corrected chi connectivity index (χ4v) is 2.22. The van der Waals surface area contributed by atoms with E-state index in [1.165, 1.54) is 18.4 Å². The molecule has 0 amide bonds. The van der Waals surface area contributed by atoms with Crippen molar-refractivity contribution in [3.05, 3.63) is 47.2 Å². The highest BCUT2D eigenvalue weighted by Crippen LogP contribution is 2.39. The van der Waals surface area contributed by atoms with Gasteiger partial charge in [0.05, 0.1) is 5.69 Å². The number of hydrogen-bond donors (Lipinski definition) is 1. The molecule has 0 atom stereocenters. The molecule has 1 fully saturated rings. The molecule has 4 nitrogen and oxygen atoms in total. The number of hydrogen-bond acceptors (Lipinski definition) is 4. The Morgan fingerprint density at radius 1 is 1.21 bits per heavy atom. The summed E-state index contributed by atoms with van der Waals surface area (Å²) in [4.78, 5) is 13.4. The van der Waals surface area contributed by atoms with Gasteiger partial charge in [-0.15, -0.1) is 0 Å². The first-order valence-electron chi connectivity index (χ1n) is 6.72. The standard InChI is InChI=1S/C15H18N4/c1-10-13(9-11-5-7-17-8-6-11)18-15(12-3-4-12)19-14(10)16-2/h5-8,12H,3-4,9H2,1-2H3,(H,16,18,19). The predicted octanol–water partition coefficient (Wildman–Crippen LogP) is 2.69. The Morgan fingerprint density at radius 2 is 1.95 bits per heavy atom.